The first-order chi connectivity index (χ1) is 10.3. The van der Waals surface area contributed by atoms with Crippen LogP contribution in [0.1, 0.15) is 22.7 Å². The van der Waals surface area contributed by atoms with Crippen LogP contribution in [0.3, 0.4) is 0 Å². The molecule has 2 aromatic rings. The number of alkyl halides is 3. The highest BCUT2D eigenvalue weighted by atomic mass is 35.5. The maximum absolute atomic E-state index is 12.7. The topological polar surface area (TPSA) is 46.2 Å². The van der Waals surface area contributed by atoms with Crippen molar-refractivity contribution in [1.82, 2.24) is 0 Å². The third-order valence-corrected chi connectivity index (χ3v) is 3.70. The summed E-state index contributed by atoms with van der Waals surface area (Å²) in [5.74, 6) is 0. The van der Waals surface area contributed by atoms with Crippen LogP contribution in [-0.4, -0.2) is 11.2 Å². The Labute approximate surface area is 131 Å². The zero-order valence-electron chi connectivity index (χ0n) is 11.5. The lowest BCUT2D eigenvalue weighted by molar-refractivity contribution is -0.137. The molecule has 0 aliphatic rings. The molecule has 2 atom stereocenters. The molecule has 0 aliphatic heterocycles. The molecule has 0 saturated heterocycles. The van der Waals surface area contributed by atoms with Gasteiger partial charge in [-0.2, -0.15) is 13.2 Å². The Bertz CT molecular complexity index is 631. The summed E-state index contributed by atoms with van der Waals surface area (Å²) in [5, 5.41) is 9.73. The van der Waals surface area contributed by atoms with Crippen LogP contribution in [0.5, 0.6) is 0 Å². The van der Waals surface area contributed by atoms with Crippen LogP contribution in [-0.2, 0) is 12.6 Å². The lowest BCUT2D eigenvalue weighted by Crippen LogP contribution is -2.28. The summed E-state index contributed by atoms with van der Waals surface area (Å²) in [4.78, 5) is 0. The first-order valence-corrected chi connectivity index (χ1v) is 7.01. The quantitative estimate of drug-likeness (QED) is 0.891. The number of halogens is 4. The Balaban J connectivity index is 2.15. The van der Waals surface area contributed by atoms with Crippen molar-refractivity contribution in [3.63, 3.8) is 0 Å². The van der Waals surface area contributed by atoms with E-state index in [-0.39, 0.29) is 0 Å². The molecule has 0 amide bonds. The Morgan fingerprint density at radius 3 is 2.27 bits per heavy atom. The number of nitrogens with two attached hydrogens (primary N) is 1. The fourth-order valence-electron chi connectivity index (χ4n) is 2.17. The van der Waals surface area contributed by atoms with E-state index in [1.165, 1.54) is 6.07 Å². The third-order valence-electron chi connectivity index (χ3n) is 3.39. The summed E-state index contributed by atoms with van der Waals surface area (Å²) < 4.78 is 38.0. The smallest absolute Gasteiger partial charge is 0.391 e. The molecule has 0 heterocycles. The van der Waals surface area contributed by atoms with Crippen LogP contribution in [0.15, 0.2) is 48.5 Å². The number of hydrogen-bond acceptors (Lipinski definition) is 2. The summed E-state index contributed by atoms with van der Waals surface area (Å²) in [5.41, 5.74) is 6.26. The van der Waals surface area contributed by atoms with Gasteiger partial charge in [0.2, 0.25) is 0 Å². The van der Waals surface area contributed by atoms with Crippen molar-refractivity contribution in [3.05, 3.63) is 70.2 Å². The first-order valence-electron chi connectivity index (χ1n) is 6.63. The van der Waals surface area contributed by atoms with Gasteiger partial charge in [0.15, 0.2) is 0 Å². The lowest BCUT2D eigenvalue weighted by atomic mass is 9.96. The summed E-state index contributed by atoms with van der Waals surface area (Å²) in [6.07, 6.45) is -5.13. The molecule has 3 N–H and O–H groups in total. The van der Waals surface area contributed by atoms with E-state index in [2.05, 4.69) is 0 Å². The van der Waals surface area contributed by atoms with Gasteiger partial charge in [0.05, 0.1) is 22.7 Å². The molecule has 22 heavy (non-hydrogen) atoms. The number of aliphatic hydroxyl groups is 1. The van der Waals surface area contributed by atoms with Gasteiger partial charge in [-0.15, -0.1) is 0 Å². The standard InChI is InChI=1S/C16H15ClF3NO/c17-13-9-11(6-7-12(13)16(18,19)20)15(21)14(22)8-10-4-2-1-3-5-10/h1-7,9,14-15,22H,8,21H2/t14-,15+/m1/s1. The highest BCUT2D eigenvalue weighted by molar-refractivity contribution is 6.31. The van der Waals surface area contributed by atoms with Crippen LogP contribution in [0.4, 0.5) is 13.2 Å². The van der Waals surface area contributed by atoms with Crippen molar-refractivity contribution in [2.75, 3.05) is 0 Å². The maximum atomic E-state index is 12.7. The molecule has 0 spiro atoms. The van der Waals surface area contributed by atoms with Crippen molar-refractivity contribution in [3.8, 4) is 0 Å². The number of benzene rings is 2. The van der Waals surface area contributed by atoms with Crippen LogP contribution >= 0.6 is 11.6 Å². The molecule has 0 unspecified atom stereocenters. The van der Waals surface area contributed by atoms with Gasteiger partial charge in [-0.3, -0.25) is 0 Å². The maximum Gasteiger partial charge on any atom is 0.417 e. The zero-order chi connectivity index (χ0) is 16.3. The molecule has 2 rings (SSSR count). The molecule has 0 radical (unpaired) electrons. The van der Waals surface area contributed by atoms with Crippen molar-refractivity contribution in [2.45, 2.75) is 24.7 Å². The van der Waals surface area contributed by atoms with Crippen LogP contribution in [0.2, 0.25) is 5.02 Å². The molecule has 118 valence electrons. The average molecular weight is 330 g/mol. The minimum absolute atomic E-state index is 0.306. The Morgan fingerprint density at radius 2 is 1.73 bits per heavy atom. The second-order valence-electron chi connectivity index (χ2n) is 5.02. The van der Waals surface area contributed by atoms with Crippen molar-refractivity contribution >= 4 is 11.6 Å². The largest absolute Gasteiger partial charge is 0.417 e. The fraction of sp³-hybridized carbons (Fsp3) is 0.250. The Kier molecular flexibility index (Phi) is 5.11. The predicted molar refractivity (Wildman–Crippen MR) is 79.5 cm³/mol. The van der Waals surface area contributed by atoms with Gasteiger partial charge in [0, 0.05) is 6.42 Å². The number of rotatable bonds is 4. The molecular formula is C16H15ClF3NO. The third kappa shape index (κ3) is 4.00. The second kappa shape index (κ2) is 6.69. The summed E-state index contributed by atoms with van der Waals surface area (Å²) >= 11 is 5.67. The minimum Gasteiger partial charge on any atom is -0.391 e. The van der Waals surface area contributed by atoms with Crippen LogP contribution < -0.4 is 5.73 Å². The van der Waals surface area contributed by atoms with E-state index in [1.807, 2.05) is 30.3 Å². The average Bonchev–Trinajstić information content (AvgIpc) is 2.46. The minimum atomic E-state index is -4.51. The SMILES string of the molecule is N[C@@H](c1ccc(C(F)(F)F)c(Cl)c1)[C@H](O)Cc1ccccc1. The molecule has 0 fully saturated rings. The van der Waals surface area contributed by atoms with Crippen molar-refractivity contribution in [1.29, 1.82) is 0 Å². The van der Waals surface area contributed by atoms with Crippen molar-refractivity contribution < 1.29 is 18.3 Å². The van der Waals surface area contributed by atoms with E-state index in [4.69, 9.17) is 17.3 Å². The van der Waals surface area contributed by atoms with Gasteiger partial charge in [-0.1, -0.05) is 48.0 Å². The van der Waals surface area contributed by atoms with Gasteiger partial charge in [0.25, 0.3) is 0 Å². The Morgan fingerprint density at radius 1 is 1.09 bits per heavy atom. The van der Waals surface area contributed by atoms with Crippen LogP contribution in [0.25, 0.3) is 0 Å². The molecule has 0 aliphatic carbocycles. The van der Waals surface area contributed by atoms with Crippen LogP contribution in [0, 0.1) is 0 Å². The Hall–Kier alpha value is -1.56. The normalized spacial score (nSPS) is 14.6. The van der Waals surface area contributed by atoms with Gasteiger partial charge < -0.3 is 10.8 Å². The monoisotopic (exact) mass is 329 g/mol. The molecule has 6 heteroatoms. The van der Waals surface area contributed by atoms with Gasteiger partial charge in [-0.25, -0.2) is 0 Å². The predicted octanol–water partition coefficient (Wildman–Crippen LogP) is 3.96. The van der Waals surface area contributed by atoms with Gasteiger partial charge in [-0.05, 0) is 23.3 Å². The summed E-state index contributed by atoms with van der Waals surface area (Å²) in [6, 6.07) is 11.7. The first kappa shape index (κ1) is 16.8. The summed E-state index contributed by atoms with van der Waals surface area (Å²) in [6.45, 7) is 0. The van der Waals surface area contributed by atoms with E-state index in [0.717, 1.165) is 17.7 Å². The van der Waals surface area contributed by atoms with E-state index in [1.54, 1.807) is 0 Å². The van der Waals surface area contributed by atoms with Gasteiger partial charge >= 0.3 is 6.18 Å². The lowest BCUT2D eigenvalue weighted by Gasteiger charge is -2.20. The highest BCUT2D eigenvalue weighted by Gasteiger charge is 2.33. The second-order valence-corrected chi connectivity index (χ2v) is 5.43. The van der Waals surface area contributed by atoms with Gasteiger partial charge in [0.1, 0.15) is 0 Å². The van der Waals surface area contributed by atoms with E-state index < -0.39 is 28.9 Å². The molecule has 0 saturated carbocycles. The molecule has 2 aromatic carbocycles. The molecule has 0 bridgehead atoms. The highest BCUT2D eigenvalue weighted by Crippen LogP contribution is 2.36. The summed E-state index contributed by atoms with van der Waals surface area (Å²) in [7, 11) is 0. The van der Waals surface area contributed by atoms with E-state index in [9.17, 15) is 18.3 Å². The molecular weight excluding hydrogens is 315 g/mol. The molecule has 2 nitrogen and oxygen atoms in total. The fourth-order valence-corrected chi connectivity index (χ4v) is 2.47. The number of hydrogen-bond donors (Lipinski definition) is 2. The molecule has 0 aromatic heterocycles. The zero-order valence-corrected chi connectivity index (χ0v) is 12.3. The van der Waals surface area contributed by atoms with Crippen molar-refractivity contribution in [2.24, 2.45) is 5.73 Å². The van der Waals surface area contributed by atoms with E-state index in [0.29, 0.717) is 12.0 Å². The number of aliphatic hydroxyl groups excluding tert-OH is 1. The van der Waals surface area contributed by atoms with E-state index >= 15 is 0 Å².